The molecule has 0 saturated heterocycles. The van der Waals surface area contributed by atoms with Crippen molar-refractivity contribution in [2.24, 2.45) is 0 Å². The minimum Gasteiger partial charge on any atom is -0.184 e. The fraction of sp³-hybridized carbons (Fsp3) is 0.500. The second-order valence-electron chi connectivity index (χ2n) is 4.08. The smallest absolute Gasteiger partial charge is 0.171 e. The maximum Gasteiger partial charge on any atom is -0.171 e. The molecule has 0 fully saturated rings. The van der Waals surface area contributed by atoms with E-state index in [0.717, 1.165) is 0 Å². The second kappa shape index (κ2) is 21.7. The van der Waals surface area contributed by atoms with Crippen LogP contribution in [0.3, 0.4) is 0 Å². The Hall–Kier alpha value is 1.47. The molecule has 0 N–H and O–H groups in total. The summed E-state index contributed by atoms with van der Waals surface area (Å²) in [6.07, 6.45) is 0. The molecule has 0 aliphatic heterocycles. The molecule has 0 amide bonds. The predicted molar refractivity (Wildman–Crippen MR) is 91.5 cm³/mol. The van der Waals surface area contributed by atoms with Crippen molar-refractivity contribution in [3.8, 4) is 0 Å². The topological polar surface area (TPSA) is 0 Å². The van der Waals surface area contributed by atoms with Crippen LogP contribution in [0.4, 0.5) is 0 Å². The first-order valence-electron chi connectivity index (χ1n) is 5.03. The average molecular weight is 465 g/mol. The van der Waals surface area contributed by atoms with E-state index in [1.54, 1.807) is 0 Å². The summed E-state index contributed by atoms with van der Waals surface area (Å²) in [5, 5.41) is 0. The third kappa shape index (κ3) is 58.0. The molecule has 0 heterocycles. The zero-order valence-electron chi connectivity index (χ0n) is 11.1. The van der Waals surface area contributed by atoms with Gasteiger partial charge >= 0.3 is 35.1 Å². The third-order valence-corrected chi connectivity index (χ3v) is 0.607. The van der Waals surface area contributed by atoms with E-state index in [9.17, 15) is 0 Å². The van der Waals surface area contributed by atoms with Gasteiger partial charge in [0.2, 0.25) is 0 Å². The van der Waals surface area contributed by atoms with Gasteiger partial charge in [-0.3, -0.25) is 0 Å². The molecule has 0 spiro atoms. The molecule has 0 aliphatic rings. The largest absolute Gasteiger partial charge is 0.184 e. The van der Waals surface area contributed by atoms with E-state index in [0.29, 0.717) is 0 Å². The van der Waals surface area contributed by atoms with Crippen molar-refractivity contribution in [3.05, 3.63) is 36.4 Å². The standard InChI is InChI=1S/C6H5.2C3H9P.HI.Pd/c1-2-4-6-5-3-1;2*1-4(2)3;;/h1-5H;2*1-3H3;1H;/q-1;;;;+2/p+1. The Morgan fingerprint density at radius 3 is 1.06 bits per heavy atom. The SMILES string of the molecule is C[PH+](C)C.C[PH+](C)C.[Pd+][I].[c-]1ccccc1. The maximum absolute atomic E-state index is 2.89. The van der Waals surface area contributed by atoms with Gasteiger partial charge in [0.25, 0.3) is 0 Å². The third-order valence-electron chi connectivity index (χ3n) is 0.607. The first kappa shape index (κ1) is 22.6. The van der Waals surface area contributed by atoms with E-state index in [1.165, 1.54) is 0 Å². The maximum atomic E-state index is 2.89. The first-order chi connectivity index (χ1) is 7.46. The molecule has 0 aromatic heterocycles. The molecule has 0 nitrogen and oxygen atoms in total. The van der Waals surface area contributed by atoms with E-state index in [4.69, 9.17) is 0 Å². The molecule has 16 heavy (non-hydrogen) atoms. The van der Waals surface area contributed by atoms with Crippen molar-refractivity contribution in [3.63, 3.8) is 0 Å². The Balaban J connectivity index is -0.000000152. The van der Waals surface area contributed by atoms with Crippen LogP contribution in [0.1, 0.15) is 0 Å². The fourth-order valence-corrected chi connectivity index (χ4v) is 0.342. The van der Waals surface area contributed by atoms with Gasteiger partial charge < -0.3 is 0 Å². The number of hydrogen-bond donors (Lipinski definition) is 0. The van der Waals surface area contributed by atoms with Crippen LogP contribution >= 0.6 is 35.4 Å². The second-order valence-corrected chi connectivity index (χ2v) is 10.1. The van der Waals surface area contributed by atoms with Crippen LogP contribution in [-0.2, 0) is 15.6 Å². The van der Waals surface area contributed by atoms with Gasteiger partial charge in [0.1, 0.15) is 0 Å². The Kier molecular flexibility index (Phi) is 30.7. The van der Waals surface area contributed by atoms with Crippen LogP contribution in [-0.4, -0.2) is 40.0 Å². The number of benzene rings is 1. The summed E-state index contributed by atoms with van der Waals surface area (Å²) in [4.78, 5) is 0. The van der Waals surface area contributed by atoms with Crippen molar-refractivity contribution in [1.82, 2.24) is 0 Å². The van der Waals surface area contributed by atoms with E-state index < -0.39 is 0 Å². The Labute approximate surface area is 126 Å². The van der Waals surface area contributed by atoms with E-state index in [1.807, 2.05) is 49.8 Å². The molecule has 0 aliphatic carbocycles. The van der Waals surface area contributed by atoms with Gasteiger partial charge in [-0.25, -0.2) is 0 Å². The number of rotatable bonds is 0. The molecular weight excluding hydrogens is 439 g/mol. The molecule has 1 aromatic rings. The summed E-state index contributed by atoms with van der Waals surface area (Å²) >= 11 is 4.72. The van der Waals surface area contributed by atoms with Crippen molar-refractivity contribution in [2.75, 3.05) is 40.0 Å². The van der Waals surface area contributed by atoms with Crippen LogP contribution in [0.2, 0.25) is 0 Å². The zero-order valence-corrected chi connectivity index (χ0v) is 16.8. The number of hydrogen-bond acceptors (Lipinski definition) is 0. The number of halogens is 1. The Morgan fingerprint density at radius 2 is 1.00 bits per heavy atom. The fourth-order valence-electron chi connectivity index (χ4n) is 0.342. The minimum atomic E-state index is 0.120. The van der Waals surface area contributed by atoms with Crippen LogP contribution in [0.5, 0.6) is 0 Å². The van der Waals surface area contributed by atoms with Crippen molar-refractivity contribution in [2.45, 2.75) is 0 Å². The quantitative estimate of drug-likeness (QED) is 0.229. The monoisotopic (exact) mass is 464 g/mol. The minimum absolute atomic E-state index is 0.120. The molecule has 0 unspecified atom stereocenters. The first-order valence-corrected chi connectivity index (χ1v) is 15.7. The van der Waals surface area contributed by atoms with E-state index >= 15 is 0 Å². The molecule has 1 aromatic carbocycles. The summed E-state index contributed by atoms with van der Waals surface area (Å²) in [7, 11) is 0.241. The molecule has 1 rings (SSSR count). The Morgan fingerprint density at radius 1 is 0.750 bits per heavy atom. The van der Waals surface area contributed by atoms with Crippen LogP contribution in [0.15, 0.2) is 30.3 Å². The molecule has 98 valence electrons. The van der Waals surface area contributed by atoms with Gasteiger partial charge in [0.05, 0.1) is 0 Å². The van der Waals surface area contributed by atoms with Crippen molar-refractivity contribution < 1.29 is 15.6 Å². The summed E-state index contributed by atoms with van der Waals surface area (Å²) in [6.45, 7) is 13.6. The summed E-state index contributed by atoms with van der Waals surface area (Å²) in [5.41, 5.74) is 0. The summed E-state index contributed by atoms with van der Waals surface area (Å²) in [6, 6.07) is 12.5. The average Bonchev–Trinajstić information content (AvgIpc) is 2.22. The predicted octanol–water partition coefficient (Wildman–Crippen LogP) is 4.55. The molecule has 0 bridgehead atoms. The van der Waals surface area contributed by atoms with Crippen LogP contribution in [0, 0.1) is 6.07 Å². The van der Waals surface area contributed by atoms with E-state index in [-0.39, 0.29) is 15.8 Å². The molecular formula is C12H25IP2Pd+2. The summed E-state index contributed by atoms with van der Waals surface area (Å²) in [5.74, 6) is 0. The van der Waals surface area contributed by atoms with Crippen molar-refractivity contribution >= 4 is 35.4 Å². The molecule has 4 heteroatoms. The molecule has 0 atom stereocenters. The van der Waals surface area contributed by atoms with Gasteiger partial charge in [-0.15, -0.1) is 0 Å². The molecule has 0 radical (unpaired) electrons. The Bertz CT molecular complexity index is 143. The van der Waals surface area contributed by atoms with Gasteiger partial charge in [-0.05, 0) is 15.8 Å². The molecule has 0 saturated carbocycles. The normalized spacial score (nSPS) is 7.94. The van der Waals surface area contributed by atoms with Gasteiger partial charge in [-0.1, -0.05) is 0 Å². The summed E-state index contributed by atoms with van der Waals surface area (Å²) < 4.78 is 0. The van der Waals surface area contributed by atoms with Gasteiger partial charge in [0, 0.05) is 40.0 Å². The van der Waals surface area contributed by atoms with Crippen LogP contribution < -0.4 is 0 Å². The van der Waals surface area contributed by atoms with Gasteiger partial charge in [-0.2, -0.15) is 36.4 Å². The zero-order chi connectivity index (χ0) is 13.4. The van der Waals surface area contributed by atoms with Crippen LogP contribution in [0.25, 0.3) is 0 Å². The van der Waals surface area contributed by atoms with Crippen molar-refractivity contribution in [1.29, 1.82) is 0 Å². The van der Waals surface area contributed by atoms with E-state index in [2.05, 4.69) is 61.6 Å². The van der Waals surface area contributed by atoms with Gasteiger partial charge in [0.15, 0.2) is 0 Å².